The second-order valence-electron chi connectivity index (χ2n) is 7.93. The molecule has 0 saturated heterocycles. The molecule has 0 spiro atoms. The average molecular weight is 453 g/mol. The van der Waals surface area contributed by atoms with Gasteiger partial charge in [-0.15, -0.1) is 0 Å². The van der Waals surface area contributed by atoms with Crippen molar-refractivity contribution in [3.63, 3.8) is 0 Å². The zero-order valence-corrected chi connectivity index (χ0v) is 19.0. The van der Waals surface area contributed by atoms with E-state index in [2.05, 4.69) is 17.1 Å². The number of para-hydroxylation sites is 1. The third-order valence-corrected chi connectivity index (χ3v) is 6.63. The quantitative estimate of drug-likeness (QED) is 0.298. The molecule has 164 valence electrons. The van der Waals surface area contributed by atoms with Crippen molar-refractivity contribution in [2.75, 3.05) is 11.4 Å². The summed E-state index contributed by atoms with van der Waals surface area (Å²) in [5, 5.41) is 0.736. The van der Waals surface area contributed by atoms with E-state index in [1.165, 1.54) is 11.1 Å². The Morgan fingerprint density at radius 2 is 1.67 bits per heavy atom. The van der Waals surface area contributed by atoms with Gasteiger partial charge in [-0.25, -0.2) is 9.97 Å². The number of rotatable bonds is 8. The molecule has 2 aromatic heterocycles. The first kappa shape index (κ1) is 21.1. The standard InChI is InChI=1S/C27H24N4OS/c32-26(23-13-11-22(12-14-23)19-21-7-2-1-3-8-21)31(17-6-16-30-18-15-28-20-30)27-29-24-9-4-5-10-25(24)33-27/h1-5,7-15,18,20H,6,16-17,19H2. The highest BCUT2D eigenvalue weighted by Gasteiger charge is 2.21. The highest BCUT2D eigenvalue weighted by molar-refractivity contribution is 7.22. The summed E-state index contributed by atoms with van der Waals surface area (Å²) in [5.74, 6) is -0.0223. The van der Waals surface area contributed by atoms with Crippen LogP contribution < -0.4 is 4.90 Å². The monoisotopic (exact) mass is 452 g/mol. The van der Waals surface area contributed by atoms with Crippen molar-refractivity contribution in [1.29, 1.82) is 0 Å². The lowest BCUT2D eigenvalue weighted by atomic mass is 10.0. The molecule has 0 fully saturated rings. The Bertz CT molecular complexity index is 1290. The summed E-state index contributed by atoms with van der Waals surface area (Å²) in [7, 11) is 0. The van der Waals surface area contributed by atoms with Crippen LogP contribution in [0.5, 0.6) is 0 Å². The molecule has 0 atom stereocenters. The summed E-state index contributed by atoms with van der Waals surface area (Å²) in [5.41, 5.74) is 4.04. The van der Waals surface area contributed by atoms with Crippen LogP contribution in [0.1, 0.15) is 27.9 Å². The first-order chi connectivity index (χ1) is 16.3. The molecule has 33 heavy (non-hydrogen) atoms. The van der Waals surface area contributed by atoms with Gasteiger partial charge in [-0.1, -0.05) is 65.9 Å². The lowest BCUT2D eigenvalue weighted by Crippen LogP contribution is -2.32. The maximum Gasteiger partial charge on any atom is 0.260 e. The third-order valence-electron chi connectivity index (χ3n) is 5.57. The summed E-state index contributed by atoms with van der Waals surface area (Å²) in [4.78, 5) is 24.2. The van der Waals surface area contributed by atoms with Crippen LogP contribution in [-0.2, 0) is 13.0 Å². The number of aryl methyl sites for hydroxylation is 1. The predicted octanol–water partition coefficient (Wildman–Crippen LogP) is 5.82. The minimum absolute atomic E-state index is 0.0223. The van der Waals surface area contributed by atoms with E-state index >= 15 is 0 Å². The molecule has 0 unspecified atom stereocenters. The second kappa shape index (κ2) is 9.79. The first-order valence-corrected chi connectivity index (χ1v) is 11.8. The minimum Gasteiger partial charge on any atom is -0.337 e. The van der Waals surface area contributed by atoms with Crippen LogP contribution in [0.15, 0.2) is 97.6 Å². The van der Waals surface area contributed by atoms with Gasteiger partial charge < -0.3 is 4.57 Å². The van der Waals surface area contributed by atoms with Crippen molar-refractivity contribution in [3.05, 3.63) is 114 Å². The predicted molar refractivity (Wildman–Crippen MR) is 134 cm³/mol. The van der Waals surface area contributed by atoms with Gasteiger partial charge in [0.15, 0.2) is 5.13 Å². The van der Waals surface area contributed by atoms with Gasteiger partial charge in [-0.2, -0.15) is 0 Å². The molecule has 6 heteroatoms. The fourth-order valence-electron chi connectivity index (χ4n) is 3.84. The summed E-state index contributed by atoms with van der Waals surface area (Å²) >= 11 is 1.56. The Morgan fingerprint density at radius 1 is 0.909 bits per heavy atom. The number of aromatic nitrogens is 3. The molecule has 0 N–H and O–H groups in total. The molecule has 0 saturated carbocycles. The van der Waals surface area contributed by atoms with Crippen molar-refractivity contribution in [2.45, 2.75) is 19.4 Å². The first-order valence-electron chi connectivity index (χ1n) is 11.0. The zero-order chi connectivity index (χ0) is 22.5. The Labute approximate surface area is 197 Å². The smallest absolute Gasteiger partial charge is 0.260 e. The van der Waals surface area contributed by atoms with E-state index in [0.29, 0.717) is 12.1 Å². The molecular weight excluding hydrogens is 428 g/mol. The molecule has 2 heterocycles. The highest BCUT2D eigenvalue weighted by atomic mass is 32.1. The van der Waals surface area contributed by atoms with Crippen molar-refractivity contribution in [3.8, 4) is 0 Å². The Hall–Kier alpha value is -3.77. The van der Waals surface area contributed by atoms with Gasteiger partial charge in [0, 0.05) is 31.0 Å². The van der Waals surface area contributed by atoms with Crippen molar-refractivity contribution < 1.29 is 4.79 Å². The summed E-state index contributed by atoms with van der Waals surface area (Å²) in [6, 6.07) is 26.3. The van der Waals surface area contributed by atoms with Crippen LogP contribution in [0.4, 0.5) is 5.13 Å². The summed E-state index contributed by atoms with van der Waals surface area (Å²) in [6.07, 6.45) is 7.17. The van der Waals surface area contributed by atoms with E-state index < -0.39 is 0 Å². The molecular formula is C27H24N4OS. The average Bonchev–Trinajstić information content (AvgIpc) is 3.52. The maximum atomic E-state index is 13.6. The van der Waals surface area contributed by atoms with Crippen molar-refractivity contribution in [2.24, 2.45) is 0 Å². The normalized spacial score (nSPS) is 11.0. The summed E-state index contributed by atoms with van der Waals surface area (Å²) in [6.45, 7) is 1.38. The maximum absolute atomic E-state index is 13.6. The lowest BCUT2D eigenvalue weighted by molar-refractivity contribution is 0.0986. The van der Waals surface area contributed by atoms with Gasteiger partial charge in [-0.05, 0) is 48.2 Å². The number of hydrogen-bond acceptors (Lipinski definition) is 4. The minimum atomic E-state index is -0.0223. The van der Waals surface area contributed by atoms with Crippen molar-refractivity contribution >= 4 is 32.6 Å². The Morgan fingerprint density at radius 3 is 2.42 bits per heavy atom. The number of thiazole rings is 1. The SMILES string of the molecule is O=C(c1ccc(Cc2ccccc2)cc1)N(CCCn1ccnc1)c1nc2ccccc2s1. The number of nitrogens with zero attached hydrogens (tertiary/aromatic N) is 4. The molecule has 0 bridgehead atoms. The molecule has 0 aliphatic rings. The third kappa shape index (κ3) is 5.02. The van der Waals surface area contributed by atoms with E-state index in [1.807, 2.05) is 82.4 Å². The van der Waals surface area contributed by atoms with Crippen molar-refractivity contribution in [1.82, 2.24) is 14.5 Å². The highest BCUT2D eigenvalue weighted by Crippen LogP contribution is 2.30. The zero-order valence-electron chi connectivity index (χ0n) is 18.2. The number of benzene rings is 3. The van der Waals surface area contributed by atoms with E-state index in [-0.39, 0.29) is 5.91 Å². The van der Waals surface area contributed by atoms with E-state index in [0.717, 1.165) is 34.7 Å². The molecule has 3 aromatic carbocycles. The lowest BCUT2D eigenvalue weighted by Gasteiger charge is -2.20. The van der Waals surface area contributed by atoms with Crippen LogP contribution >= 0.6 is 11.3 Å². The number of anilines is 1. The molecule has 0 aliphatic heterocycles. The fraction of sp³-hybridized carbons (Fsp3) is 0.148. The van der Waals surface area contributed by atoms with E-state index in [9.17, 15) is 4.79 Å². The number of hydrogen-bond donors (Lipinski definition) is 0. The summed E-state index contributed by atoms with van der Waals surface area (Å²) < 4.78 is 3.11. The van der Waals surface area contributed by atoms with E-state index in [4.69, 9.17) is 4.98 Å². The topological polar surface area (TPSA) is 51.0 Å². The van der Waals surface area contributed by atoms with Crippen LogP contribution in [-0.4, -0.2) is 27.0 Å². The van der Waals surface area contributed by atoms with Gasteiger partial charge in [0.1, 0.15) is 0 Å². The van der Waals surface area contributed by atoms with Gasteiger partial charge in [0.2, 0.25) is 0 Å². The van der Waals surface area contributed by atoms with Gasteiger partial charge >= 0.3 is 0 Å². The molecule has 1 amide bonds. The number of carbonyl (C=O) groups is 1. The Balaban J connectivity index is 1.36. The molecule has 0 radical (unpaired) electrons. The molecule has 5 rings (SSSR count). The van der Waals surface area contributed by atoms with Crippen LogP contribution in [0.25, 0.3) is 10.2 Å². The molecule has 5 aromatic rings. The van der Waals surface area contributed by atoms with Crippen LogP contribution in [0.3, 0.4) is 0 Å². The Kier molecular flexibility index (Phi) is 6.26. The van der Waals surface area contributed by atoms with Crippen LogP contribution in [0.2, 0.25) is 0 Å². The fourth-order valence-corrected chi connectivity index (χ4v) is 4.83. The largest absolute Gasteiger partial charge is 0.337 e. The van der Waals surface area contributed by atoms with Gasteiger partial charge in [0.25, 0.3) is 5.91 Å². The van der Waals surface area contributed by atoms with E-state index in [1.54, 1.807) is 23.9 Å². The number of amides is 1. The second-order valence-corrected chi connectivity index (χ2v) is 8.94. The van der Waals surface area contributed by atoms with Gasteiger partial charge in [-0.3, -0.25) is 9.69 Å². The number of fused-ring (bicyclic) bond motifs is 1. The molecule has 5 nitrogen and oxygen atoms in total. The van der Waals surface area contributed by atoms with Gasteiger partial charge in [0.05, 0.1) is 16.5 Å². The van der Waals surface area contributed by atoms with Crippen LogP contribution in [0, 0.1) is 0 Å². The number of imidazole rings is 1. The number of carbonyl (C=O) groups excluding carboxylic acids is 1. The molecule has 0 aliphatic carbocycles.